The Morgan fingerprint density at radius 3 is 1.32 bits per heavy atom. The smallest absolute Gasteiger partial charge is 0.0680 e. The largest absolute Gasteiger partial charge is 0.392 e. The van der Waals surface area contributed by atoms with E-state index >= 15 is 0 Å². The summed E-state index contributed by atoms with van der Waals surface area (Å²) in [6, 6.07) is 0. The molecule has 0 saturated heterocycles. The summed E-state index contributed by atoms with van der Waals surface area (Å²) in [5, 5.41) is 9.51. The molecule has 0 heterocycles. The first kappa shape index (κ1) is 25.2. The van der Waals surface area contributed by atoms with Crippen molar-refractivity contribution in [3.63, 3.8) is 0 Å². The van der Waals surface area contributed by atoms with E-state index in [2.05, 4.69) is 20.8 Å². The second kappa shape index (κ2) is 16.4. The van der Waals surface area contributed by atoms with Crippen molar-refractivity contribution >= 4 is 11.6 Å². The van der Waals surface area contributed by atoms with Crippen LogP contribution in [-0.2, 0) is 0 Å². The molecule has 0 aromatic rings. The molecule has 25 heavy (non-hydrogen) atoms. The Bertz CT molecular complexity index is 275. The number of unbranched alkanes of at least 4 members (excludes halogenated alkanes) is 14. The minimum atomic E-state index is -0.423. The molecule has 0 aliphatic heterocycles. The fraction of sp³-hybridized carbons (Fsp3) is 1.00. The van der Waals surface area contributed by atoms with E-state index in [-0.39, 0.29) is 10.8 Å². The highest BCUT2D eigenvalue weighted by molar-refractivity contribution is 6.21. The van der Waals surface area contributed by atoms with Crippen LogP contribution in [-0.4, -0.2) is 16.6 Å². The van der Waals surface area contributed by atoms with E-state index in [1.54, 1.807) is 6.92 Å². The second-order valence-electron chi connectivity index (χ2n) is 8.83. The number of halogens is 1. The van der Waals surface area contributed by atoms with Crippen LogP contribution >= 0.6 is 11.6 Å². The average Bonchev–Trinajstić information content (AvgIpc) is 2.57. The Morgan fingerprint density at radius 2 is 1.00 bits per heavy atom. The van der Waals surface area contributed by atoms with Crippen LogP contribution in [0.25, 0.3) is 0 Å². The van der Waals surface area contributed by atoms with Gasteiger partial charge in [0.05, 0.1) is 11.5 Å². The summed E-state index contributed by atoms with van der Waals surface area (Å²) in [5.41, 5.74) is 0.0340. The van der Waals surface area contributed by atoms with Gasteiger partial charge in [0.15, 0.2) is 0 Å². The molecule has 0 fully saturated rings. The summed E-state index contributed by atoms with van der Waals surface area (Å²) >= 11 is 6.32. The fourth-order valence-corrected chi connectivity index (χ4v) is 3.85. The van der Waals surface area contributed by atoms with E-state index < -0.39 is 6.10 Å². The summed E-state index contributed by atoms with van der Waals surface area (Å²) in [5.74, 6) is 0. The van der Waals surface area contributed by atoms with Crippen molar-refractivity contribution < 1.29 is 5.11 Å². The molecule has 0 amide bonds. The molecule has 2 atom stereocenters. The van der Waals surface area contributed by atoms with Crippen LogP contribution in [0.15, 0.2) is 0 Å². The molecule has 0 aromatic heterocycles. The molecule has 0 rings (SSSR count). The summed E-state index contributed by atoms with van der Waals surface area (Å²) in [7, 11) is 0. The van der Waals surface area contributed by atoms with Gasteiger partial charge in [0.1, 0.15) is 0 Å². The second-order valence-corrected chi connectivity index (χ2v) is 9.30. The third-order valence-electron chi connectivity index (χ3n) is 5.59. The van der Waals surface area contributed by atoms with E-state index in [0.29, 0.717) is 0 Å². The highest BCUT2D eigenvalue weighted by Crippen LogP contribution is 2.33. The summed E-state index contributed by atoms with van der Waals surface area (Å²) < 4.78 is 0. The molecule has 152 valence electrons. The number of alkyl halides is 1. The van der Waals surface area contributed by atoms with Gasteiger partial charge in [-0.15, -0.1) is 11.6 Å². The van der Waals surface area contributed by atoms with Crippen LogP contribution in [0, 0.1) is 5.41 Å². The van der Waals surface area contributed by atoms with Crippen molar-refractivity contribution in [2.24, 2.45) is 5.41 Å². The van der Waals surface area contributed by atoms with Crippen LogP contribution in [0.4, 0.5) is 0 Å². The van der Waals surface area contributed by atoms with Crippen LogP contribution in [0.5, 0.6) is 0 Å². The van der Waals surface area contributed by atoms with E-state index in [4.69, 9.17) is 11.6 Å². The highest BCUT2D eigenvalue weighted by Gasteiger charge is 2.30. The van der Waals surface area contributed by atoms with Gasteiger partial charge in [-0.25, -0.2) is 0 Å². The van der Waals surface area contributed by atoms with Crippen molar-refractivity contribution in [2.45, 2.75) is 142 Å². The third kappa shape index (κ3) is 15.0. The average molecular weight is 375 g/mol. The molecule has 0 aliphatic carbocycles. The zero-order valence-electron chi connectivity index (χ0n) is 17.8. The number of hydrogen-bond donors (Lipinski definition) is 1. The highest BCUT2D eigenvalue weighted by atomic mass is 35.5. The Kier molecular flexibility index (Phi) is 16.6. The molecular weight excluding hydrogens is 328 g/mol. The number of hydrogen-bond acceptors (Lipinski definition) is 1. The topological polar surface area (TPSA) is 20.2 Å². The molecule has 0 saturated carbocycles. The van der Waals surface area contributed by atoms with Crippen LogP contribution in [0.2, 0.25) is 0 Å². The molecule has 2 unspecified atom stereocenters. The summed E-state index contributed by atoms with van der Waals surface area (Å²) in [6.45, 7) is 8.45. The van der Waals surface area contributed by atoms with Crippen LogP contribution in [0.3, 0.4) is 0 Å². The van der Waals surface area contributed by atoms with E-state index in [0.717, 1.165) is 6.42 Å². The first-order valence-corrected chi connectivity index (χ1v) is 11.7. The van der Waals surface area contributed by atoms with Gasteiger partial charge < -0.3 is 5.11 Å². The molecular formula is C23H47ClO. The molecule has 2 heteroatoms. The predicted molar refractivity (Wildman–Crippen MR) is 115 cm³/mol. The number of rotatable bonds is 18. The normalized spacial score (nSPS) is 14.6. The lowest BCUT2D eigenvalue weighted by molar-refractivity contribution is 0.129. The van der Waals surface area contributed by atoms with E-state index in [9.17, 15) is 5.11 Å². The first-order chi connectivity index (χ1) is 11.9. The van der Waals surface area contributed by atoms with Crippen molar-refractivity contribution in [1.82, 2.24) is 0 Å². The summed E-state index contributed by atoms with van der Waals surface area (Å²) in [4.78, 5) is 0. The van der Waals surface area contributed by atoms with Gasteiger partial charge in [0.2, 0.25) is 0 Å². The monoisotopic (exact) mass is 374 g/mol. The summed E-state index contributed by atoms with van der Waals surface area (Å²) in [6.07, 6.45) is 21.7. The maximum absolute atomic E-state index is 9.65. The maximum atomic E-state index is 9.65. The first-order valence-electron chi connectivity index (χ1n) is 11.2. The van der Waals surface area contributed by atoms with Crippen molar-refractivity contribution in [3.8, 4) is 0 Å². The van der Waals surface area contributed by atoms with E-state index in [1.807, 2.05) is 0 Å². The molecule has 0 aromatic carbocycles. The van der Waals surface area contributed by atoms with Crippen molar-refractivity contribution in [3.05, 3.63) is 0 Å². The maximum Gasteiger partial charge on any atom is 0.0680 e. The SMILES string of the molecule is CCCCCCCCCCCCCCCCCC(C)(C)C(Cl)C(C)O. The predicted octanol–water partition coefficient (Wildman–Crippen LogP) is 8.26. The zero-order chi connectivity index (χ0) is 19.0. The quantitative estimate of drug-likeness (QED) is 0.189. The van der Waals surface area contributed by atoms with Gasteiger partial charge in [0.25, 0.3) is 0 Å². The van der Waals surface area contributed by atoms with Crippen LogP contribution < -0.4 is 0 Å². The van der Waals surface area contributed by atoms with Crippen LogP contribution in [0.1, 0.15) is 130 Å². The van der Waals surface area contributed by atoms with Gasteiger partial charge in [-0.05, 0) is 18.8 Å². The molecule has 0 radical (unpaired) electrons. The van der Waals surface area contributed by atoms with E-state index in [1.165, 1.54) is 96.3 Å². The zero-order valence-corrected chi connectivity index (χ0v) is 18.5. The lowest BCUT2D eigenvalue weighted by atomic mass is 9.81. The Labute approximate surface area is 164 Å². The molecule has 0 spiro atoms. The van der Waals surface area contributed by atoms with Gasteiger partial charge in [-0.3, -0.25) is 0 Å². The van der Waals surface area contributed by atoms with Crippen molar-refractivity contribution in [1.29, 1.82) is 0 Å². The molecule has 0 bridgehead atoms. The van der Waals surface area contributed by atoms with Gasteiger partial charge in [-0.1, -0.05) is 117 Å². The van der Waals surface area contributed by atoms with Gasteiger partial charge in [0, 0.05) is 0 Å². The minimum Gasteiger partial charge on any atom is -0.392 e. The Morgan fingerprint density at radius 1 is 0.680 bits per heavy atom. The Hall–Kier alpha value is 0.250. The molecule has 1 N–H and O–H groups in total. The lowest BCUT2D eigenvalue weighted by Crippen LogP contribution is -2.33. The fourth-order valence-electron chi connectivity index (χ4n) is 3.74. The standard InChI is InChI=1S/C23H47ClO/c1-5-6-7-8-9-10-11-12-13-14-15-16-17-18-19-20-23(3,4)22(24)21(2)25/h21-22,25H,5-20H2,1-4H3. The van der Waals surface area contributed by atoms with Crippen molar-refractivity contribution in [2.75, 3.05) is 0 Å². The third-order valence-corrected chi connectivity index (χ3v) is 6.55. The minimum absolute atomic E-state index is 0.0340. The number of aliphatic hydroxyl groups is 1. The molecule has 0 aliphatic rings. The molecule has 1 nitrogen and oxygen atoms in total. The van der Waals surface area contributed by atoms with Gasteiger partial charge >= 0.3 is 0 Å². The van der Waals surface area contributed by atoms with Gasteiger partial charge in [-0.2, -0.15) is 0 Å². The Balaban J connectivity index is 3.29. The number of aliphatic hydroxyl groups excluding tert-OH is 1. The lowest BCUT2D eigenvalue weighted by Gasteiger charge is -2.32.